The van der Waals surface area contributed by atoms with Crippen molar-refractivity contribution in [2.24, 2.45) is 5.11 Å². The Bertz CT molecular complexity index is 3160. The van der Waals surface area contributed by atoms with E-state index in [0.717, 1.165) is 148 Å². The van der Waals surface area contributed by atoms with Gasteiger partial charge in [-0.15, -0.1) is 0 Å². The molecule has 6 amide bonds. The Morgan fingerprint density at radius 1 is 0.684 bits per heavy atom. The Labute approximate surface area is 560 Å². The first-order chi connectivity index (χ1) is 46.1. The second-order valence-electron chi connectivity index (χ2n) is 25.0. The van der Waals surface area contributed by atoms with Crippen molar-refractivity contribution in [1.29, 1.82) is 10.8 Å². The fourth-order valence-electron chi connectivity index (χ4n) is 13.2. The maximum atomic E-state index is 14.4. The van der Waals surface area contributed by atoms with Crippen LogP contribution in [-0.4, -0.2) is 144 Å². The fraction of sp³-hybridized carbons (Fsp3) is 0.536. The minimum atomic E-state index is -1.03. The smallest absolute Gasteiger partial charge is 0.373 e. The van der Waals surface area contributed by atoms with Crippen molar-refractivity contribution >= 4 is 87.3 Å². The molecule has 95 heavy (non-hydrogen) atoms. The molecule has 4 aromatic rings. The van der Waals surface area contributed by atoms with E-state index in [4.69, 9.17) is 24.9 Å². The van der Waals surface area contributed by atoms with E-state index in [0.29, 0.717) is 62.0 Å². The Morgan fingerprint density at radius 2 is 1.18 bits per heavy atom. The van der Waals surface area contributed by atoms with Gasteiger partial charge in [0.05, 0.1) is 19.3 Å². The molecule has 1 fully saturated rings. The molecule has 2 bridgehead atoms. The Kier molecular flexibility index (Phi) is 31.1. The molecule has 506 valence electrons. The molecule has 8 rings (SSSR count). The van der Waals surface area contributed by atoms with E-state index >= 15 is 0 Å². The first-order valence-corrected chi connectivity index (χ1v) is 34.0. The molecule has 0 saturated carbocycles. The number of carbonyl (C=O) groups is 6. The molecule has 3 aliphatic carbocycles. The lowest BCUT2D eigenvalue weighted by Crippen LogP contribution is -2.47. The molecule has 4 aliphatic rings. The van der Waals surface area contributed by atoms with Crippen molar-refractivity contribution < 1.29 is 52.2 Å². The third-order valence-electron chi connectivity index (χ3n) is 18.0. The van der Waals surface area contributed by atoms with Crippen molar-refractivity contribution in [3.8, 4) is 0 Å². The van der Waals surface area contributed by atoms with Crippen LogP contribution in [0.25, 0.3) is 10.4 Å². The van der Waals surface area contributed by atoms with Gasteiger partial charge in [0.2, 0.25) is 35.4 Å². The summed E-state index contributed by atoms with van der Waals surface area (Å²) < 4.78 is 29.3. The topological polar surface area (TPSA) is 313 Å². The summed E-state index contributed by atoms with van der Waals surface area (Å²) >= 11 is 0. The minimum absolute atomic E-state index is 0.0396. The second-order valence-corrected chi connectivity index (χ2v) is 25.0. The van der Waals surface area contributed by atoms with Gasteiger partial charge in [-0.3, -0.25) is 39.6 Å². The number of ether oxygens (including phenoxy) is 1. The van der Waals surface area contributed by atoms with E-state index in [9.17, 15) is 43.7 Å². The summed E-state index contributed by atoms with van der Waals surface area (Å²) in [6, 6.07) is 22.6. The number of halogens is 1. The Morgan fingerprint density at radius 3 is 1.67 bits per heavy atom. The minimum Gasteiger partial charge on any atom is -0.556 e. The predicted octanol–water partition coefficient (Wildman–Crippen LogP) is 11.1. The van der Waals surface area contributed by atoms with Crippen molar-refractivity contribution in [2.45, 2.75) is 191 Å². The van der Waals surface area contributed by atoms with Crippen LogP contribution < -0.4 is 26.5 Å². The predicted molar refractivity (Wildman–Crippen MR) is 370 cm³/mol. The maximum absolute atomic E-state index is 14.4. The zero-order valence-electron chi connectivity index (χ0n) is 55.3. The molecule has 2 atom stereocenters. The zero-order chi connectivity index (χ0) is 67.8. The number of likely N-dealkylation sites (N-methyl/N-ethyl adjacent to an activating group) is 1. The van der Waals surface area contributed by atoms with Crippen LogP contribution in [0.5, 0.6) is 0 Å². The average Bonchev–Trinajstić information content (AvgIpc) is 0.924. The van der Waals surface area contributed by atoms with Crippen molar-refractivity contribution in [3.63, 3.8) is 0 Å². The Balaban J connectivity index is 1.07. The number of carbonyl (C=O) groups excluding carboxylic acids is 6. The van der Waals surface area contributed by atoms with Crippen molar-refractivity contribution in [2.75, 3.05) is 62.4 Å². The van der Waals surface area contributed by atoms with Crippen LogP contribution in [0.1, 0.15) is 186 Å². The van der Waals surface area contributed by atoms with E-state index in [1.54, 1.807) is 41.0 Å². The number of amides is 6. The average molecular weight is 1300 g/mol. The number of anilines is 3. The number of benzene rings is 4. The highest BCUT2D eigenvalue weighted by molar-refractivity contribution is 6.45. The van der Waals surface area contributed by atoms with Gasteiger partial charge in [0.25, 0.3) is 0 Å². The van der Waals surface area contributed by atoms with Gasteiger partial charge < -0.3 is 55.4 Å². The largest absolute Gasteiger partial charge is 0.556 e. The molecular weight excluding hydrogens is 1210 g/mol. The number of nitrogens with one attached hydrogen (secondary N) is 7. The van der Waals surface area contributed by atoms with Crippen LogP contribution in [0.15, 0.2) is 84.0 Å². The van der Waals surface area contributed by atoms with Crippen LogP contribution in [-0.2, 0) is 54.6 Å². The van der Waals surface area contributed by atoms with Gasteiger partial charge in [-0.2, -0.15) is 0 Å². The Hall–Kier alpha value is -8.05. The number of rotatable bonds is 46. The number of nitrogens with zero attached hydrogens (tertiary/aromatic N) is 5. The lowest BCUT2D eigenvalue weighted by Gasteiger charge is -2.51. The number of unbranched alkanes of at least 4 members (excludes halogenated alkanes) is 12. The number of likely N-dealkylation sites (tertiary alicyclic amines) is 1. The highest BCUT2D eigenvalue weighted by atomic mass is 19.1. The molecule has 0 aromatic heterocycles. The third kappa shape index (κ3) is 22.8. The maximum Gasteiger partial charge on any atom is 0.373 e. The molecule has 4 aromatic carbocycles. The van der Waals surface area contributed by atoms with Crippen LogP contribution in [0.3, 0.4) is 0 Å². The zero-order valence-corrected chi connectivity index (χ0v) is 55.3. The molecule has 1 saturated heterocycles. The molecule has 8 N–H and O–H groups in total. The fourth-order valence-corrected chi connectivity index (χ4v) is 13.2. The summed E-state index contributed by atoms with van der Waals surface area (Å²) in [4.78, 5) is 88.8. The summed E-state index contributed by atoms with van der Waals surface area (Å²) in [5.74, 6) is -1.85. The van der Waals surface area contributed by atoms with Crippen LogP contribution in [0.2, 0.25) is 19.5 Å². The van der Waals surface area contributed by atoms with Gasteiger partial charge in [-0.1, -0.05) is 106 Å². The molecule has 1 aliphatic heterocycles. The molecule has 1 heterocycles. The van der Waals surface area contributed by atoms with Gasteiger partial charge in [0.15, 0.2) is 0 Å². The summed E-state index contributed by atoms with van der Waals surface area (Å²) in [5, 5.41) is 43.0. The highest BCUT2D eigenvalue weighted by Gasteiger charge is 2.52. The van der Waals surface area contributed by atoms with Crippen molar-refractivity contribution in [3.05, 3.63) is 134 Å². The first-order valence-electron chi connectivity index (χ1n) is 34.0. The second kappa shape index (κ2) is 39.7. The first kappa shape index (κ1) is 74.4. The van der Waals surface area contributed by atoms with E-state index < -0.39 is 24.5 Å². The highest BCUT2D eigenvalue weighted by Crippen LogP contribution is 2.62. The van der Waals surface area contributed by atoms with Crippen LogP contribution in [0, 0.1) is 16.6 Å². The summed E-state index contributed by atoms with van der Waals surface area (Å²) in [6.45, 7) is 3.12. The van der Waals surface area contributed by atoms with Gasteiger partial charge in [-0.25, -0.2) is 4.39 Å². The molecule has 0 unspecified atom stereocenters. The van der Waals surface area contributed by atoms with Gasteiger partial charge in [0.1, 0.15) is 24.7 Å². The monoisotopic (exact) mass is 1300 g/mol. The quantitative estimate of drug-likeness (QED) is 0.00391. The SMILES string of the molecule is CB(O)NCCCCCCCC(=O)Nc1ccc2c(c1)C1(CCC(=O)NCCOCCN(C)C(=O)[C@@H]3C[C@H](N=[N+]=[N-])CN3C(=O)CCc3ccc(F)cc3)c3cc(NC(=O)CCCCCCC[B]OC=N)ccc3C2c2ccc(NC(=O)CCCCCCC[B]OC=N)cc21. The number of hydrogen-bond acceptors (Lipinski definition) is 14. The van der Waals surface area contributed by atoms with Crippen LogP contribution >= 0.6 is 0 Å². The number of azide groups is 1. The van der Waals surface area contributed by atoms with E-state index in [1.165, 1.54) is 21.9 Å². The van der Waals surface area contributed by atoms with Crippen LogP contribution in [0.4, 0.5) is 21.5 Å². The number of aryl methyl sites for hydroxylation is 1. The summed E-state index contributed by atoms with van der Waals surface area (Å²) in [5.41, 5.74) is 16.5. The van der Waals surface area contributed by atoms with Gasteiger partial charge in [0, 0.05) is 92.1 Å². The number of hydrogen-bond donors (Lipinski definition) is 8. The molecule has 22 nitrogen and oxygen atoms in total. The van der Waals surface area contributed by atoms with Crippen molar-refractivity contribution in [1.82, 2.24) is 20.3 Å². The van der Waals surface area contributed by atoms with Gasteiger partial charge in [-0.05, 0) is 164 Å². The molecule has 2 radical (unpaired) electrons. The lowest BCUT2D eigenvalue weighted by molar-refractivity contribution is -0.143. The molecular formula is C69H94B3FN12O10. The van der Waals surface area contributed by atoms with E-state index in [2.05, 4.69) is 54.7 Å². The summed E-state index contributed by atoms with van der Waals surface area (Å²) in [7, 11) is 4.31. The lowest BCUT2D eigenvalue weighted by atomic mass is 9.51. The third-order valence-corrected chi connectivity index (χ3v) is 18.0. The molecule has 26 heteroatoms. The summed E-state index contributed by atoms with van der Waals surface area (Å²) in [6.07, 6.45) is 18.6. The standard InChI is InChI=1S/C69H94B3FN12O10/c1-72(92)78-37-17-11-5-8-14-20-65(89)81-53-28-31-57-60(44-53)69(34-33-62(86)77-38-40-93-41-39-84(2)68(91)61-45-54(82-83-76)46-85(61)66(90)32-23-49-21-24-50(73)25-22-49)58-42-51(79-63(87)18-12-6-3-9-15-35-70-94-47-74)26-29-55(58)67(57)56-30-27-52(43-59(56)69)80-64(88)19-13-7-4-10-16-36-71-95-48-75/h21-22,24-31,42-44,47-48,54,61,67,74-75,78,92H,3-20,23,32-41,45-46H2,1-2H3,(H,77,86)(H,79,87)(H,80,88)(H,81,89)/t54-,61-,67?,69?/m0/s1. The van der Waals surface area contributed by atoms with Gasteiger partial charge >= 0.3 is 22.0 Å². The molecule has 0 spiro atoms. The van der Waals surface area contributed by atoms with E-state index in [-0.39, 0.29) is 106 Å². The van der Waals surface area contributed by atoms with E-state index in [1.807, 2.05) is 36.4 Å². The normalized spacial score (nSPS) is 16.2.